The molecule has 2 fully saturated rings. The van der Waals surface area contributed by atoms with Gasteiger partial charge in [0.25, 0.3) is 0 Å². The van der Waals surface area contributed by atoms with Crippen LogP contribution in [0.25, 0.3) is 10.6 Å². The zero-order valence-corrected chi connectivity index (χ0v) is 21.9. The Morgan fingerprint density at radius 2 is 0.960 bits per heavy atom. The summed E-state index contributed by atoms with van der Waals surface area (Å²) in [5, 5.41) is 9.26. The fourth-order valence-corrected chi connectivity index (χ4v) is 4.76. The molecule has 0 saturated carbocycles. The van der Waals surface area contributed by atoms with E-state index in [-0.39, 0.29) is 71.0 Å². The number of nitrogens with zero attached hydrogens (tertiary/aromatic N) is 4. The molecule has 0 bridgehead atoms. The van der Waals surface area contributed by atoms with Gasteiger partial charge in [0.2, 0.25) is 0 Å². The summed E-state index contributed by atoms with van der Waals surface area (Å²) in [6, 6.07) is 0. The van der Waals surface area contributed by atoms with Gasteiger partial charge in [0.1, 0.15) is 0 Å². The summed E-state index contributed by atoms with van der Waals surface area (Å²) >= 11 is 0. The van der Waals surface area contributed by atoms with Gasteiger partial charge >= 0.3 is 48.9 Å². The molecule has 0 aromatic rings. The summed E-state index contributed by atoms with van der Waals surface area (Å²) in [5.74, 6) is 3.56. The Balaban J connectivity index is 0.000000173. The van der Waals surface area contributed by atoms with Crippen LogP contribution in [0.1, 0.15) is 81.1 Å². The van der Waals surface area contributed by atoms with E-state index in [1.54, 1.807) is 0 Å². The molecular weight excluding hydrogens is 434 g/mol. The predicted molar refractivity (Wildman–Crippen MR) is 109 cm³/mol. The molecule has 136 valence electrons. The predicted octanol–water partition coefficient (Wildman–Crippen LogP) is 5.10. The molecule has 2 atom stereocenters. The van der Waals surface area contributed by atoms with Crippen LogP contribution in [0.4, 0.5) is 0 Å². The maximum Gasteiger partial charge on any atom is 2.00 e. The first-order valence-electron chi connectivity index (χ1n) is 9.41. The van der Waals surface area contributed by atoms with Gasteiger partial charge in [0.05, 0.1) is 0 Å². The molecule has 5 heteroatoms. The Labute approximate surface area is 194 Å². The SMILES string of the molecule is CC1(C)CC2CC(C)(C)[N-]C2=N1.CC1(C)CC2CC(C)(C)[N-]C2=N1.[Ba+2]. The Kier molecular flexibility index (Phi) is 5.97. The fraction of sp³-hybridized carbons (Fsp3) is 0.900. The Bertz CT molecular complexity index is 535. The topological polar surface area (TPSA) is 52.9 Å². The van der Waals surface area contributed by atoms with Crippen LogP contribution in [0.3, 0.4) is 0 Å². The third-order valence-electron chi connectivity index (χ3n) is 5.38. The summed E-state index contributed by atoms with van der Waals surface area (Å²) in [7, 11) is 0. The molecule has 0 spiro atoms. The molecule has 4 aliphatic heterocycles. The van der Waals surface area contributed by atoms with Crippen molar-refractivity contribution in [3.8, 4) is 0 Å². The maximum absolute atomic E-state index is 4.63. The van der Waals surface area contributed by atoms with E-state index in [0.717, 1.165) is 11.7 Å². The van der Waals surface area contributed by atoms with Gasteiger partial charge in [-0.2, -0.15) is 0 Å². The molecule has 0 amide bonds. The van der Waals surface area contributed by atoms with Gasteiger partial charge < -0.3 is 20.6 Å². The van der Waals surface area contributed by atoms with Gasteiger partial charge in [-0.15, -0.1) is 0 Å². The van der Waals surface area contributed by atoms with E-state index in [0.29, 0.717) is 11.8 Å². The average Bonchev–Trinajstić information content (AvgIpc) is 2.89. The first kappa shape index (κ1) is 21.8. The molecule has 4 nitrogen and oxygen atoms in total. The van der Waals surface area contributed by atoms with E-state index in [4.69, 9.17) is 0 Å². The van der Waals surface area contributed by atoms with Crippen LogP contribution in [0, 0.1) is 11.8 Å². The molecule has 2 unspecified atom stereocenters. The first-order chi connectivity index (χ1) is 10.8. The van der Waals surface area contributed by atoms with E-state index in [1.807, 2.05) is 0 Å². The van der Waals surface area contributed by atoms with Crippen molar-refractivity contribution in [1.82, 2.24) is 0 Å². The van der Waals surface area contributed by atoms with Crippen LogP contribution in [0.15, 0.2) is 9.98 Å². The van der Waals surface area contributed by atoms with Gasteiger partial charge in [-0.25, -0.2) is 0 Å². The van der Waals surface area contributed by atoms with E-state index in [9.17, 15) is 0 Å². The van der Waals surface area contributed by atoms with Crippen LogP contribution in [-0.4, -0.2) is 82.7 Å². The number of rotatable bonds is 0. The van der Waals surface area contributed by atoms with Crippen molar-refractivity contribution in [2.24, 2.45) is 21.8 Å². The molecule has 0 aliphatic carbocycles. The molecule has 4 aliphatic rings. The zero-order chi connectivity index (χ0) is 18.0. The van der Waals surface area contributed by atoms with Crippen LogP contribution in [0.2, 0.25) is 0 Å². The Morgan fingerprint density at radius 1 is 0.640 bits per heavy atom. The summed E-state index contributed by atoms with van der Waals surface area (Å²) in [4.78, 5) is 9.26. The number of fused-ring (bicyclic) bond motifs is 2. The second-order valence-corrected chi connectivity index (χ2v) is 10.6. The van der Waals surface area contributed by atoms with Crippen molar-refractivity contribution >= 4 is 60.6 Å². The number of hydrogen-bond acceptors (Lipinski definition) is 2. The van der Waals surface area contributed by atoms with Crippen LogP contribution in [0.5, 0.6) is 0 Å². The Hall–Kier alpha value is 0.511. The van der Waals surface area contributed by atoms with Gasteiger partial charge in [0, 0.05) is 0 Å². The van der Waals surface area contributed by atoms with Crippen molar-refractivity contribution in [1.29, 1.82) is 0 Å². The quantitative estimate of drug-likeness (QED) is 0.445. The molecular formula is C20H34BaN4. The smallest absolute Gasteiger partial charge is 0.463 e. The van der Waals surface area contributed by atoms with Gasteiger partial charge in [0.15, 0.2) is 0 Å². The second kappa shape index (κ2) is 6.84. The minimum Gasteiger partial charge on any atom is -0.463 e. The first-order valence-corrected chi connectivity index (χ1v) is 9.41. The number of amidine groups is 2. The standard InChI is InChI=1S/2C10H17N2.Ba/c2*1-9(2)5-7-6-10(3,4)12-8(7)11-9;/h2*7H,5-6H2,1-4H3;/q2*-1;+2. The molecule has 0 aromatic carbocycles. The molecule has 0 radical (unpaired) electrons. The largest absolute Gasteiger partial charge is 2.00 e. The molecule has 25 heavy (non-hydrogen) atoms. The van der Waals surface area contributed by atoms with Crippen molar-refractivity contribution in [3.05, 3.63) is 10.6 Å². The summed E-state index contributed by atoms with van der Waals surface area (Å²) in [6.45, 7) is 17.6. The van der Waals surface area contributed by atoms with Gasteiger partial charge in [-0.05, 0) is 59.7 Å². The van der Waals surface area contributed by atoms with E-state index in [2.05, 4.69) is 76.0 Å². The molecule has 0 aromatic heterocycles. The second-order valence-electron chi connectivity index (χ2n) is 10.6. The summed E-state index contributed by atoms with van der Waals surface area (Å²) in [5.41, 5.74) is 0.611. The maximum atomic E-state index is 4.63. The van der Waals surface area contributed by atoms with Gasteiger partial charge in [-0.3, -0.25) is 0 Å². The minimum absolute atomic E-state index is 0. The summed E-state index contributed by atoms with van der Waals surface area (Å²) < 4.78 is 0. The number of hydrogen-bond donors (Lipinski definition) is 0. The van der Waals surface area contributed by atoms with E-state index < -0.39 is 0 Å². The van der Waals surface area contributed by atoms with Crippen molar-refractivity contribution in [2.45, 2.75) is 103 Å². The van der Waals surface area contributed by atoms with Crippen molar-refractivity contribution < 1.29 is 0 Å². The minimum atomic E-state index is 0. The normalized spacial score (nSPS) is 34.2. The third kappa shape index (κ3) is 5.28. The van der Waals surface area contributed by atoms with E-state index >= 15 is 0 Å². The summed E-state index contributed by atoms with van der Waals surface area (Å²) in [6.07, 6.45) is 4.76. The van der Waals surface area contributed by atoms with Crippen LogP contribution in [-0.2, 0) is 0 Å². The molecule has 2 saturated heterocycles. The molecule has 4 heterocycles. The molecule has 0 N–H and O–H groups in total. The average molecular weight is 468 g/mol. The third-order valence-corrected chi connectivity index (χ3v) is 5.38. The van der Waals surface area contributed by atoms with Crippen molar-refractivity contribution in [3.63, 3.8) is 0 Å². The monoisotopic (exact) mass is 468 g/mol. The van der Waals surface area contributed by atoms with Gasteiger partial charge in [-0.1, -0.05) is 67.1 Å². The number of aliphatic imine (C=N–C) groups is 2. The zero-order valence-electron chi connectivity index (χ0n) is 17.5. The fourth-order valence-electron chi connectivity index (χ4n) is 4.76. The van der Waals surface area contributed by atoms with Crippen LogP contribution >= 0.6 is 0 Å². The molecule has 4 rings (SSSR count). The van der Waals surface area contributed by atoms with Crippen molar-refractivity contribution in [2.75, 3.05) is 0 Å². The van der Waals surface area contributed by atoms with E-state index in [1.165, 1.54) is 25.7 Å². The Morgan fingerprint density at radius 3 is 1.24 bits per heavy atom. The van der Waals surface area contributed by atoms with Crippen LogP contribution < -0.4 is 0 Å².